The molecular weight excluding hydrogens is 252 g/mol. The number of aryl methyl sites for hydroxylation is 1. The summed E-state index contributed by atoms with van der Waals surface area (Å²) in [5.74, 6) is 2.55. The van der Waals surface area contributed by atoms with Gasteiger partial charge >= 0.3 is 0 Å². The fourth-order valence-electron chi connectivity index (χ4n) is 2.05. The average molecular weight is 270 g/mol. The van der Waals surface area contributed by atoms with Crippen LogP contribution in [0.4, 0.5) is 0 Å². The Morgan fingerprint density at radius 1 is 1.61 bits per heavy atom. The van der Waals surface area contributed by atoms with Crippen LogP contribution in [0, 0.1) is 6.92 Å². The van der Waals surface area contributed by atoms with Crippen molar-refractivity contribution in [3.05, 3.63) is 17.5 Å². The first-order chi connectivity index (χ1) is 8.67. The van der Waals surface area contributed by atoms with E-state index in [-0.39, 0.29) is 11.5 Å². The van der Waals surface area contributed by atoms with Gasteiger partial charge in [0.2, 0.25) is 0 Å². The fraction of sp³-hybridized carbons (Fsp3) is 0.667. The van der Waals surface area contributed by atoms with E-state index in [2.05, 4.69) is 10.5 Å². The second kappa shape index (κ2) is 5.75. The van der Waals surface area contributed by atoms with Crippen molar-refractivity contribution in [2.75, 3.05) is 25.2 Å². The van der Waals surface area contributed by atoms with E-state index in [1.54, 1.807) is 14.0 Å². The molecule has 1 fully saturated rings. The summed E-state index contributed by atoms with van der Waals surface area (Å²) in [6.45, 7) is 2.26. The molecule has 0 aliphatic carbocycles. The van der Waals surface area contributed by atoms with Gasteiger partial charge in [-0.3, -0.25) is 4.79 Å². The molecule has 18 heavy (non-hydrogen) atoms. The van der Waals surface area contributed by atoms with Crippen LogP contribution in [0.15, 0.2) is 10.7 Å². The van der Waals surface area contributed by atoms with Crippen LogP contribution in [0.25, 0.3) is 0 Å². The number of rotatable bonds is 4. The molecule has 100 valence electrons. The molecule has 2 rings (SSSR count). The van der Waals surface area contributed by atoms with Gasteiger partial charge in [0.25, 0.3) is 5.91 Å². The highest BCUT2D eigenvalue weighted by atomic mass is 32.2. The molecule has 2 heterocycles. The third-order valence-electron chi connectivity index (χ3n) is 3.40. The number of aromatic nitrogens is 1. The molecule has 0 spiro atoms. The Morgan fingerprint density at radius 2 is 2.33 bits per heavy atom. The molecule has 1 saturated heterocycles. The van der Waals surface area contributed by atoms with Gasteiger partial charge in [0.05, 0.1) is 11.8 Å². The zero-order valence-electron chi connectivity index (χ0n) is 10.7. The van der Waals surface area contributed by atoms with Gasteiger partial charge in [-0.15, -0.1) is 0 Å². The average Bonchev–Trinajstić information content (AvgIpc) is 2.83. The standard InChI is InChI=1S/C12H18N2O3S/c1-9-10(7-14-17-9)11(15)13-8-12(16-2)3-5-18-6-4-12/h7H,3-6,8H2,1-2H3,(H,13,15). The SMILES string of the molecule is COC1(CNC(=O)c2cnoc2C)CCSCC1. The first-order valence-electron chi connectivity index (χ1n) is 5.99. The highest BCUT2D eigenvalue weighted by molar-refractivity contribution is 7.99. The van der Waals surface area contributed by atoms with Gasteiger partial charge in [-0.25, -0.2) is 0 Å². The van der Waals surface area contributed by atoms with Gasteiger partial charge < -0.3 is 14.6 Å². The highest BCUT2D eigenvalue weighted by Crippen LogP contribution is 2.29. The Balaban J connectivity index is 1.94. The van der Waals surface area contributed by atoms with Crippen molar-refractivity contribution in [1.82, 2.24) is 10.5 Å². The summed E-state index contributed by atoms with van der Waals surface area (Å²) in [5, 5.41) is 6.52. The zero-order valence-corrected chi connectivity index (χ0v) is 11.5. The lowest BCUT2D eigenvalue weighted by atomic mass is 9.96. The minimum atomic E-state index is -0.216. The van der Waals surface area contributed by atoms with Gasteiger partial charge in [0.1, 0.15) is 11.3 Å². The largest absolute Gasteiger partial charge is 0.376 e. The molecule has 0 atom stereocenters. The van der Waals surface area contributed by atoms with Gasteiger partial charge in [-0.2, -0.15) is 11.8 Å². The van der Waals surface area contributed by atoms with Crippen LogP contribution in [-0.4, -0.2) is 41.8 Å². The van der Waals surface area contributed by atoms with Gasteiger partial charge in [0.15, 0.2) is 0 Å². The highest BCUT2D eigenvalue weighted by Gasteiger charge is 2.32. The van der Waals surface area contributed by atoms with E-state index in [4.69, 9.17) is 9.26 Å². The first-order valence-corrected chi connectivity index (χ1v) is 7.15. The summed E-state index contributed by atoms with van der Waals surface area (Å²) >= 11 is 1.93. The van der Waals surface area contributed by atoms with Gasteiger partial charge in [-0.1, -0.05) is 5.16 Å². The number of nitrogens with one attached hydrogen (secondary N) is 1. The van der Waals surface area contributed by atoms with E-state index in [9.17, 15) is 4.79 Å². The quantitative estimate of drug-likeness (QED) is 0.900. The maximum Gasteiger partial charge on any atom is 0.256 e. The van der Waals surface area contributed by atoms with E-state index < -0.39 is 0 Å². The number of hydrogen-bond donors (Lipinski definition) is 1. The molecule has 1 aromatic rings. The summed E-state index contributed by atoms with van der Waals surface area (Å²) in [5.41, 5.74) is 0.276. The van der Waals surface area contributed by atoms with Crippen LogP contribution in [0.1, 0.15) is 29.0 Å². The monoisotopic (exact) mass is 270 g/mol. The summed E-state index contributed by atoms with van der Waals surface area (Å²) in [6, 6.07) is 0. The number of carbonyl (C=O) groups is 1. The predicted molar refractivity (Wildman–Crippen MR) is 69.9 cm³/mol. The molecule has 0 unspecified atom stereocenters. The fourth-order valence-corrected chi connectivity index (χ4v) is 3.29. The molecule has 1 aliphatic heterocycles. The zero-order chi connectivity index (χ0) is 13.0. The van der Waals surface area contributed by atoms with Crippen molar-refractivity contribution in [2.24, 2.45) is 0 Å². The van der Waals surface area contributed by atoms with Crippen LogP contribution in [0.2, 0.25) is 0 Å². The second-order valence-corrected chi connectivity index (χ2v) is 5.70. The molecule has 1 aromatic heterocycles. The molecule has 1 N–H and O–H groups in total. The Kier molecular flexibility index (Phi) is 4.29. The lowest BCUT2D eigenvalue weighted by Crippen LogP contribution is -2.46. The van der Waals surface area contributed by atoms with Crippen molar-refractivity contribution in [3.63, 3.8) is 0 Å². The number of thioether (sulfide) groups is 1. The van der Waals surface area contributed by atoms with Crippen molar-refractivity contribution in [3.8, 4) is 0 Å². The van der Waals surface area contributed by atoms with Crippen LogP contribution in [0.5, 0.6) is 0 Å². The molecule has 1 amide bonds. The number of methoxy groups -OCH3 is 1. The summed E-state index contributed by atoms with van der Waals surface area (Å²) < 4.78 is 10.5. The lowest BCUT2D eigenvalue weighted by molar-refractivity contribution is -0.0149. The normalized spacial score (nSPS) is 18.6. The minimum absolute atomic E-state index is 0.150. The molecule has 0 radical (unpaired) electrons. The second-order valence-electron chi connectivity index (χ2n) is 4.48. The van der Waals surface area contributed by atoms with Crippen molar-refractivity contribution < 1.29 is 14.1 Å². The van der Waals surface area contributed by atoms with Gasteiger partial charge in [0, 0.05) is 13.7 Å². The van der Waals surface area contributed by atoms with E-state index in [1.165, 1.54) is 6.20 Å². The minimum Gasteiger partial charge on any atom is -0.376 e. The van der Waals surface area contributed by atoms with E-state index in [1.807, 2.05) is 11.8 Å². The van der Waals surface area contributed by atoms with Gasteiger partial charge in [-0.05, 0) is 31.3 Å². The Bertz CT molecular complexity index is 413. The first kappa shape index (κ1) is 13.4. The smallest absolute Gasteiger partial charge is 0.256 e. The van der Waals surface area contributed by atoms with Crippen LogP contribution in [-0.2, 0) is 4.74 Å². The summed E-state index contributed by atoms with van der Waals surface area (Å²) in [6.07, 6.45) is 3.38. The topological polar surface area (TPSA) is 64.4 Å². The third kappa shape index (κ3) is 2.87. The number of ether oxygens (including phenoxy) is 1. The van der Waals surface area contributed by atoms with Crippen molar-refractivity contribution >= 4 is 17.7 Å². The maximum atomic E-state index is 12.0. The van der Waals surface area contributed by atoms with Crippen LogP contribution in [0.3, 0.4) is 0 Å². The number of nitrogens with zero attached hydrogens (tertiary/aromatic N) is 1. The molecule has 0 bridgehead atoms. The summed E-state index contributed by atoms with van der Waals surface area (Å²) in [7, 11) is 1.72. The lowest BCUT2D eigenvalue weighted by Gasteiger charge is -2.35. The number of hydrogen-bond acceptors (Lipinski definition) is 5. The number of carbonyl (C=O) groups excluding carboxylic acids is 1. The molecule has 5 nitrogen and oxygen atoms in total. The van der Waals surface area contributed by atoms with Crippen molar-refractivity contribution in [1.29, 1.82) is 0 Å². The Hall–Kier alpha value is -1.01. The Morgan fingerprint density at radius 3 is 2.89 bits per heavy atom. The Labute approximate surface area is 111 Å². The summed E-state index contributed by atoms with van der Waals surface area (Å²) in [4.78, 5) is 12.0. The maximum absolute atomic E-state index is 12.0. The van der Waals surface area contributed by atoms with Crippen molar-refractivity contribution in [2.45, 2.75) is 25.4 Å². The number of amides is 1. The van der Waals surface area contributed by atoms with E-state index >= 15 is 0 Å². The predicted octanol–water partition coefficient (Wildman–Crippen LogP) is 1.63. The molecule has 0 saturated carbocycles. The van der Waals surface area contributed by atoms with Crippen LogP contribution >= 0.6 is 11.8 Å². The van der Waals surface area contributed by atoms with E-state index in [0.29, 0.717) is 17.9 Å². The molecule has 0 aromatic carbocycles. The van der Waals surface area contributed by atoms with E-state index in [0.717, 1.165) is 24.3 Å². The third-order valence-corrected chi connectivity index (χ3v) is 4.39. The molecule has 1 aliphatic rings. The molecule has 6 heteroatoms. The molecular formula is C12H18N2O3S. The van der Waals surface area contributed by atoms with Crippen LogP contribution < -0.4 is 5.32 Å².